The Labute approximate surface area is 190 Å². The molecule has 0 atom stereocenters. The van der Waals surface area contributed by atoms with Crippen LogP contribution in [0.2, 0.25) is 0 Å². The van der Waals surface area contributed by atoms with Crippen LogP contribution < -0.4 is 4.90 Å². The molecule has 3 aromatic rings. The molecule has 1 aromatic carbocycles. The number of nitrogens with zero attached hydrogens (tertiary/aromatic N) is 6. The average Bonchev–Trinajstić information content (AvgIpc) is 3.28. The maximum atomic E-state index is 13.5. The lowest BCUT2D eigenvalue weighted by molar-refractivity contribution is 0.425. The summed E-state index contributed by atoms with van der Waals surface area (Å²) in [4.78, 5) is 11.7. The van der Waals surface area contributed by atoms with Gasteiger partial charge in [-0.05, 0) is 38.0 Å². The molecule has 1 saturated heterocycles. The Morgan fingerprint density at radius 1 is 1.27 bits per heavy atom. The third-order valence-corrected chi connectivity index (χ3v) is 5.86. The van der Waals surface area contributed by atoms with E-state index < -0.39 is 5.95 Å². The highest BCUT2D eigenvalue weighted by molar-refractivity contribution is 5.91. The number of nitrogens with one attached hydrogen (secondary N) is 2. The highest BCUT2D eigenvalue weighted by Gasteiger charge is 2.29. The predicted molar refractivity (Wildman–Crippen MR) is 122 cm³/mol. The van der Waals surface area contributed by atoms with Crippen LogP contribution >= 0.6 is 0 Å². The molecule has 0 amide bonds. The number of benzene rings is 1. The number of hydrogen-bond acceptors (Lipinski definition) is 8. The van der Waals surface area contributed by atoms with Crippen molar-refractivity contribution in [3.63, 3.8) is 0 Å². The van der Waals surface area contributed by atoms with E-state index in [-0.39, 0.29) is 11.8 Å². The molecule has 0 saturated carbocycles. The normalized spacial score (nSPS) is 14.1. The van der Waals surface area contributed by atoms with E-state index >= 15 is 0 Å². The van der Waals surface area contributed by atoms with Gasteiger partial charge in [-0.3, -0.25) is 10.8 Å². The van der Waals surface area contributed by atoms with Crippen molar-refractivity contribution in [3.8, 4) is 28.7 Å². The number of piperidine rings is 1. The van der Waals surface area contributed by atoms with E-state index in [1.807, 2.05) is 6.07 Å². The molecule has 1 aliphatic heterocycles. The van der Waals surface area contributed by atoms with Crippen molar-refractivity contribution in [2.24, 2.45) is 5.92 Å². The summed E-state index contributed by atoms with van der Waals surface area (Å²) < 4.78 is 18.8. The minimum atomic E-state index is -0.576. The van der Waals surface area contributed by atoms with Crippen LogP contribution in [-0.2, 0) is 0 Å². The van der Waals surface area contributed by atoms with Crippen molar-refractivity contribution in [2.75, 3.05) is 25.0 Å². The molecule has 1 aliphatic rings. The van der Waals surface area contributed by atoms with Crippen molar-refractivity contribution >= 4 is 17.9 Å². The molecule has 0 radical (unpaired) electrons. The van der Waals surface area contributed by atoms with E-state index in [2.05, 4.69) is 26.1 Å². The van der Waals surface area contributed by atoms with Gasteiger partial charge in [-0.25, -0.2) is 4.98 Å². The first kappa shape index (κ1) is 22.1. The molecule has 1 fully saturated rings. The third kappa shape index (κ3) is 4.30. The summed E-state index contributed by atoms with van der Waals surface area (Å²) >= 11 is 0. The van der Waals surface area contributed by atoms with E-state index in [0.717, 1.165) is 11.9 Å². The van der Waals surface area contributed by atoms with E-state index in [4.69, 9.17) is 15.3 Å². The number of hydrogen-bond donors (Lipinski definition) is 2. The first-order valence-electron chi connectivity index (χ1n) is 10.5. The molecule has 0 spiro atoms. The second-order valence-corrected chi connectivity index (χ2v) is 7.90. The molecule has 33 heavy (non-hydrogen) atoms. The standard InChI is InChI=1S/C23H23FN8O/c1-14-29-23(33-30-14)18-5-4-17(16-3-6-20(24)28-12-16)21(19(18)11-25)32-9-7-15(8-10-32)22(27)31(2)13-26/h3-6,12-13,15,26-27H,7-10H2,1-2H3. The SMILES string of the molecule is Cc1noc(-c2ccc(-c3ccc(F)nc3)c(N3CCC(C(=N)N(C)C=N)CC3)c2C#N)n1. The fourth-order valence-corrected chi connectivity index (χ4v) is 4.12. The van der Waals surface area contributed by atoms with Crippen molar-refractivity contribution < 1.29 is 8.91 Å². The van der Waals surface area contributed by atoms with Gasteiger partial charge in [-0.2, -0.15) is 14.6 Å². The largest absolute Gasteiger partial charge is 0.370 e. The van der Waals surface area contributed by atoms with Crippen molar-refractivity contribution in [2.45, 2.75) is 19.8 Å². The Bertz CT molecular complexity index is 1220. The molecule has 2 N–H and O–H groups in total. The summed E-state index contributed by atoms with van der Waals surface area (Å²) in [5.41, 5.74) is 3.07. The minimum absolute atomic E-state index is 0.0242. The van der Waals surface area contributed by atoms with Gasteiger partial charge >= 0.3 is 0 Å². The van der Waals surface area contributed by atoms with Gasteiger partial charge in [0.1, 0.15) is 11.9 Å². The Hall–Kier alpha value is -4.13. The van der Waals surface area contributed by atoms with Crippen LogP contribution in [0.4, 0.5) is 10.1 Å². The molecule has 10 heteroatoms. The lowest BCUT2D eigenvalue weighted by atomic mass is 9.91. The number of nitriles is 1. The van der Waals surface area contributed by atoms with Gasteiger partial charge in [-0.1, -0.05) is 11.2 Å². The van der Waals surface area contributed by atoms with Crippen LogP contribution in [0.5, 0.6) is 0 Å². The van der Waals surface area contributed by atoms with Crippen LogP contribution in [0.3, 0.4) is 0 Å². The average molecular weight is 446 g/mol. The maximum Gasteiger partial charge on any atom is 0.259 e. The van der Waals surface area contributed by atoms with Gasteiger partial charge in [0.05, 0.1) is 23.2 Å². The van der Waals surface area contributed by atoms with Crippen LogP contribution in [-0.4, -0.2) is 52.3 Å². The smallest absolute Gasteiger partial charge is 0.259 e. The summed E-state index contributed by atoms with van der Waals surface area (Å²) in [5, 5.41) is 29.7. The molecular formula is C23H23FN8O. The lowest BCUT2D eigenvalue weighted by Crippen LogP contribution is -2.41. The quantitative estimate of drug-likeness (QED) is 0.346. The first-order valence-corrected chi connectivity index (χ1v) is 10.5. The summed E-state index contributed by atoms with van der Waals surface area (Å²) in [6.45, 7) is 2.94. The van der Waals surface area contributed by atoms with E-state index in [1.54, 1.807) is 26.1 Å². The second-order valence-electron chi connectivity index (χ2n) is 7.90. The molecule has 2 aromatic heterocycles. The zero-order valence-electron chi connectivity index (χ0n) is 18.3. The summed E-state index contributed by atoms with van der Waals surface area (Å²) in [6, 6.07) is 8.86. The molecule has 0 unspecified atom stereocenters. The van der Waals surface area contributed by atoms with Gasteiger partial charge in [0.15, 0.2) is 5.82 Å². The zero-order chi connectivity index (χ0) is 23.5. The van der Waals surface area contributed by atoms with Crippen LogP contribution in [0.25, 0.3) is 22.6 Å². The highest BCUT2D eigenvalue weighted by atomic mass is 19.1. The van der Waals surface area contributed by atoms with Gasteiger partial charge in [0, 0.05) is 43.4 Å². The third-order valence-electron chi connectivity index (χ3n) is 5.86. The van der Waals surface area contributed by atoms with E-state index in [0.29, 0.717) is 60.0 Å². The van der Waals surface area contributed by atoms with E-state index in [9.17, 15) is 9.65 Å². The molecule has 168 valence electrons. The number of amidine groups is 1. The number of aryl methyl sites for hydroxylation is 1. The Morgan fingerprint density at radius 2 is 2.00 bits per heavy atom. The van der Waals surface area contributed by atoms with Gasteiger partial charge in [0.25, 0.3) is 5.89 Å². The number of halogens is 1. The molecule has 9 nitrogen and oxygen atoms in total. The molecule has 3 heterocycles. The monoisotopic (exact) mass is 446 g/mol. The fourth-order valence-electron chi connectivity index (χ4n) is 4.12. The van der Waals surface area contributed by atoms with Crippen LogP contribution in [0.15, 0.2) is 35.0 Å². The minimum Gasteiger partial charge on any atom is -0.370 e. The van der Waals surface area contributed by atoms with Gasteiger partial charge in [0.2, 0.25) is 5.95 Å². The number of aromatic nitrogens is 3. The predicted octanol–water partition coefficient (Wildman–Crippen LogP) is 3.85. The van der Waals surface area contributed by atoms with Crippen LogP contribution in [0.1, 0.15) is 24.2 Å². The lowest BCUT2D eigenvalue weighted by Gasteiger charge is -2.36. The van der Waals surface area contributed by atoms with Crippen molar-refractivity contribution in [3.05, 3.63) is 47.8 Å². The van der Waals surface area contributed by atoms with Crippen molar-refractivity contribution in [1.82, 2.24) is 20.0 Å². The summed E-state index contributed by atoms with van der Waals surface area (Å²) in [7, 11) is 1.70. The zero-order valence-corrected chi connectivity index (χ0v) is 18.3. The number of anilines is 1. The molecule has 0 bridgehead atoms. The first-order chi connectivity index (χ1) is 15.9. The molecular weight excluding hydrogens is 423 g/mol. The van der Waals surface area contributed by atoms with Gasteiger partial charge in [-0.15, -0.1) is 0 Å². The number of pyridine rings is 1. The Balaban J connectivity index is 1.77. The van der Waals surface area contributed by atoms with E-state index in [1.165, 1.54) is 17.2 Å². The van der Waals surface area contributed by atoms with Gasteiger partial charge < -0.3 is 14.3 Å². The summed E-state index contributed by atoms with van der Waals surface area (Å²) in [6.07, 6.45) is 3.99. The highest BCUT2D eigenvalue weighted by Crippen LogP contribution is 2.40. The second kappa shape index (κ2) is 9.16. The van der Waals surface area contributed by atoms with Crippen molar-refractivity contribution in [1.29, 1.82) is 16.1 Å². The summed E-state index contributed by atoms with van der Waals surface area (Å²) in [5.74, 6) is 0.586. The topological polar surface area (TPSA) is 130 Å². The fraction of sp³-hybridized carbons (Fsp3) is 0.304. The molecule has 0 aliphatic carbocycles. The Kier molecular flexibility index (Phi) is 6.13. The van der Waals surface area contributed by atoms with Crippen LogP contribution in [0, 0.1) is 40.9 Å². The maximum absolute atomic E-state index is 13.5. The Morgan fingerprint density at radius 3 is 2.58 bits per heavy atom. The number of rotatable bonds is 5. The molecule has 4 rings (SSSR count).